The van der Waals surface area contributed by atoms with Crippen molar-refractivity contribution in [1.29, 1.82) is 0 Å². The first-order valence-electron chi connectivity index (χ1n) is 6.72. The number of halogens is 1. The molecule has 0 radical (unpaired) electrons. The number of hydrogen-bond donors (Lipinski definition) is 0. The van der Waals surface area contributed by atoms with E-state index in [1.54, 1.807) is 48.5 Å². The van der Waals surface area contributed by atoms with E-state index < -0.39 is 16.0 Å². The fraction of sp³-hybridized carbons (Fsp3) is 0.188. The molecular formula is C16H16ClNO4S. The maximum absolute atomic E-state index is 12.1. The average Bonchev–Trinajstić information content (AvgIpc) is 2.51. The van der Waals surface area contributed by atoms with Crippen LogP contribution in [-0.2, 0) is 21.3 Å². The SMILES string of the molecule is COC(=O)c1ccc(CN(c2cccc(Cl)c2)S(C)(=O)=O)cc1. The van der Waals surface area contributed by atoms with Gasteiger partial charge in [-0.15, -0.1) is 0 Å². The molecule has 0 spiro atoms. The zero-order valence-corrected chi connectivity index (χ0v) is 14.3. The predicted molar refractivity (Wildman–Crippen MR) is 90.3 cm³/mol. The summed E-state index contributed by atoms with van der Waals surface area (Å²) in [5, 5.41) is 0.456. The number of anilines is 1. The number of esters is 1. The molecule has 0 bridgehead atoms. The van der Waals surface area contributed by atoms with Crippen LogP contribution in [0.1, 0.15) is 15.9 Å². The minimum Gasteiger partial charge on any atom is -0.465 e. The summed E-state index contributed by atoms with van der Waals surface area (Å²) in [6, 6.07) is 13.2. The predicted octanol–water partition coefficient (Wildman–Crippen LogP) is 3.09. The Morgan fingerprint density at radius 3 is 2.35 bits per heavy atom. The Labute approximate surface area is 140 Å². The lowest BCUT2D eigenvalue weighted by molar-refractivity contribution is 0.0600. The molecule has 0 fully saturated rings. The van der Waals surface area contributed by atoms with Gasteiger partial charge in [-0.3, -0.25) is 4.31 Å². The highest BCUT2D eigenvalue weighted by molar-refractivity contribution is 7.92. The van der Waals surface area contributed by atoms with Gasteiger partial charge in [0.2, 0.25) is 10.0 Å². The number of carbonyl (C=O) groups is 1. The number of hydrogen-bond acceptors (Lipinski definition) is 4. The lowest BCUT2D eigenvalue weighted by atomic mass is 10.1. The normalized spacial score (nSPS) is 11.1. The van der Waals surface area contributed by atoms with Gasteiger partial charge in [-0.25, -0.2) is 13.2 Å². The first-order valence-corrected chi connectivity index (χ1v) is 8.94. The molecule has 2 rings (SSSR count). The molecule has 0 aliphatic carbocycles. The highest BCUT2D eigenvalue weighted by Gasteiger charge is 2.18. The van der Waals surface area contributed by atoms with Gasteiger partial charge in [0.1, 0.15) is 0 Å². The van der Waals surface area contributed by atoms with Crippen LogP contribution in [0.5, 0.6) is 0 Å². The zero-order chi connectivity index (χ0) is 17.0. The lowest BCUT2D eigenvalue weighted by Gasteiger charge is -2.22. The third-order valence-electron chi connectivity index (χ3n) is 3.20. The molecule has 0 aromatic heterocycles. The van der Waals surface area contributed by atoms with E-state index in [0.29, 0.717) is 16.3 Å². The summed E-state index contributed by atoms with van der Waals surface area (Å²) >= 11 is 5.94. The van der Waals surface area contributed by atoms with Crippen molar-refractivity contribution in [3.8, 4) is 0 Å². The standard InChI is InChI=1S/C16H16ClNO4S/c1-22-16(19)13-8-6-12(7-9-13)11-18(23(2,20)21)15-5-3-4-14(17)10-15/h3-10H,11H2,1-2H3. The molecule has 0 aliphatic heterocycles. The number of carbonyl (C=O) groups excluding carboxylic acids is 1. The van der Waals surface area contributed by atoms with E-state index in [9.17, 15) is 13.2 Å². The molecule has 0 saturated heterocycles. The van der Waals surface area contributed by atoms with E-state index in [2.05, 4.69) is 4.74 Å². The fourth-order valence-corrected chi connectivity index (χ4v) is 3.13. The van der Waals surface area contributed by atoms with Gasteiger partial charge >= 0.3 is 5.97 Å². The van der Waals surface area contributed by atoms with Crippen molar-refractivity contribution < 1.29 is 17.9 Å². The van der Waals surface area contributed by atoms with Crippen LogP contribution >= 0.6 is 11.6 Å². The van der Waals surface area contributed by atoms with Crippen molar-refractivity contribution in [3.05, 3.63) is 64.7 Å². The number of ether oxygens (including phenoxy) is 1. The van der Waals surface area contributed by atoms with E-state index in [-0.39, 0.29) is 6.54 Å². The third kappa shape index (κ3) is 4.46. The molecule has 0 heterocycles. The molecule has 5 nitrogen and oxygen atoms in total. The van der Waals surface area contributed by atoms with Gasteiger partial charge < -0.3 is 4.74 Å². The van der Waals surface area contributed by atoms with Gasteiger partial charge in [0, 0.05) is 5.02 Å². The van der Waals surface area contributed by atoms with E-state index in [1.165, 1.54) is 11.4 Å². The van der Waals surface area contributed by atoms with E-state index >= 15 is 0 Å². The van der Waals surface area contributed by atoms with E-state index in [1.807, 2.05) is 0 Å². The molecule has 0 atom stereocenters. The van der Waals surface area contributed by atoms with Crippen molar-refractivity contribution in [2.75, 3.05) is 17.7 Å². The highest BCUT2D eigenvalue weighted by Crippen LogP contribution is 2.24. The second kappa shape index (κ2) is 7.02. The fourth-order valence-electron chi connectivity index (χ4n) is 2.06. The molecular weight excluding hydrogens is 338 g/mol. The Hall–Kier alpha value is -2.05. The monoisotopic (exact) mass is 353 g/mol. The van der Waals surface area contributed by atoms with Gasteiger partial charge in [0.05, 0.1) is 31.2 Å². The molecule has 0 aliphatic rings. The summed E-state index contributed by atoms with van der Waals surface area (Å²) < 4.78 is 30.0. The molecule has 23 heavy (non-hydrogen) atoms. The maximum atomic E-state index is 12.1. The first kappa shape index (κ1) is 17.3. The lowest BCUT2D eigenvalue weighted by Crippen LogP contribution is -2.29. The van der Waals surface area contributed by atoms with E-state index in [0.717, 1.165) is 11.8 Å². The minimum absolute atomic E-state index is 0.140. The van der Waals surface area contributed by atoms with Crippen molar-refractivity contribution in [2.24, 2.45) is 0 Å². The van der Waals surface area contributed by atoms with Crippen molar-refractivity contribution in [2.45, 2.75) is 6.54 Å². The van der Waals surface area contributed by atoms with Gasteiger partial charge in [-0.05, 0) is 35.9 Å². The molecule has 7 heteroatoms. The van der Waals surface area contributed by atoms with Gasteiger partial charge in [0.15, 0.2) is 0 Å². The smallest absolute Gasteiger partial charge is 0.337 e. The maximum Gasteiger partial charge on any atom is 0.337 e. The Kier molecular flexibility index (Phi) is 5.28. The molecule has 122 valence electrons. The van der Waals surface area contributed by atoms with Crippen molar-refractivity contribution in [3.63, 3.8) is 0 Å². The number of methoxy groups -OCH3 is 1. The second-order valence-corrected chi connectivity index (χ2v) is 7.28. The van der Waals surface area contributed by atoms with Gasteiger partial charge in [-0.1, -0.05) is 29.8 Å². The Morgan fingerprint density at radius 1 is 1.17 bits per heavy atom. The zero-order valence-electron chi connectivity index (χ0n) is 12.7. The van der Waals surface area contributed by atoms with Crippen LogP contribution in [0.2, 0.25) is 5.02 Å². The van der Waals surface area contributed by atoms with E-state index in [4.69, 9.17) is 11.6 Å². The van der Waals surface area contributed by atoms with Crippen LogP contribution in [0.4, 0.5) is 5.69 Å². The minimum atomic E-state index is -3.48. The van der Waals surface area contributed by atoms with Crippen LogP contribution in [0, 0.1) is 0 Å². The summed E-state index contributed by atoms with van der Waals surface area (Å²) in [5.74, 6) is -0.439. The van der Waals surface area contributed by atoms with Crippen LogP contribution in [0.3, 0.4) is 0 Å². The van der Waals surface area contributed by atoms with Gasteiger partial charge in [0.25, 0.3) is 0 Å². The number of benzene rings is 2. The van der Waals surface area contributed by atoms with Crippen LogP contribution in [-0.4, -0.2) is 27.8 Å². The van der Waals surface area contributed by atoms with Crippen LogP contribution in [0.25, 0.3) is 0 Å². The Bertz CT molecular complexity index is 803. The van der Waals surface area contributed by atoms with Crippen LogP contribution < -0.4 is 4.31 Å². The Balaban J connectivity index is 2.31. The summed E-state index contributed by atoms with van der Waals surface area (Å²) in [4.78, 5) is 11.4. The summed E-state index contributed by atoms with van der Waals surface area (Å²) in [5.41, 5.74) is 1.63. The first-order chi connectivity index (χ1) is 10.8. The molecule has 0 unspecified atom stereocenters. The average molecular weight is 354 g/mol. The highest BCUT2D eigenvalue weighted by atomic mass is 35.5. The summed E-state index contributed by atoms with van der Waals surface area (Å²) in [6.07, 6.45) is 1.14. The number of rotatable bonds is 5. The molecule has 0 N–H and O–H groups in total. The topological polar surface area (TPSA) is 63.7 Å². The van der Waals surface area contributed by atoms with Crippen molar-refractivity contribution >= 4 is 33.3 Å². The largest absolute Gasteiger partial charge is 0.465 e. The summed E-state index contributed by atoms with van der Waals surface area (Å²) in [6.45, 7) is 0.140. The van der Waals surface area contributed by atoms with Crippen molar-refractivity contribution in [1.82, 2.24) is 0 Å². The molecule has 2 aromatic carbocycles. The second-order valence-electron chi connectivity index (χ2n) is 4.94. The van der Waals surface area contributed by atoms with Gasteiger partial charge in [-0.2, -0.15) is 0 Å². The molecule has 2 aromatic rings. The third-order valence-corrected chi connectivity index (χ3v) is 4.57. The quantitative estimate of drug-likeness (QED) is 0.775. The summed E-state index contributed by atoms with van der Waals surface area (Å²) in [7, 11) is -2.17. The molecule has 0 amide bonds. The molecule has 0 saturated carbocycles. The number of nitrogens with zero attached hydrogens (tertiary/aromatic N) is 1. The Morgan fingerprint density at radius 2 is 1.83 bits per heavy atom. The number of sulfonamides is 1. The van der Waals surface area contributed by atoms with Crippen LogP contribution in [0.15, 0.2) is 48.5 Å².